The average molecular weight is 412 g/mol. The maximum absolute atomic E-state index is 13.2. The molecule has 4 heteroatoms. The molecule has 5 rings (SSSR count). The van der Waals surface area contributed by atoms with Crippen LogP contribution in [0.1, 0.15) is 24.8 Å². The van der Waals surface area contributed by atoms with Crippen molar-refractivity contribution in [3.8, 4) is 0 Å². The fourth-order valence-corrected chi connectivity index (χ4v) is 9.09. The molecule has 0 amide bonds. The molecule has 0 heterocycles. The van der Waals surface area contributed by atoms with Crippen molar-refractivity contribution in [1.82, 2.24) is 0 Å². The Balaban J connectivity index is 1.47. The Hall–Kier alpha value is -0.650. The zero-order chi connectivity index (χ0) is 15.4. The van der Waals surface area contributed by atoms with Gasteiger partial charge < -0.3 is 4.74 Å². The van der Waals surface area contributed by atoms with Gasteiger partial charge in [0.2, 0.25) is 0 Å². The molecule has 0 radical (unpaired) electrons. The van der Waals surface area contributed by atoms with E-state index in [4.69, 9.17) is 4.74 Å². The van der Waals surface area contributed by atoms with Gasteiger partial charge in [0, 0.05) is 3.92 Å². The van der Waals surface area contributed by atoms with Gasteiger partial charge in [0.1, 0.15) is 5.82 Å². The lowest BCUT2D eigenvalue weighted by Crippen LogP contribution is -2.97. The number of ether oxygens (including phenoxy) is 1. The van der Waals surface area contributed by atoms with E-state index in [1.54, 1.807) is 12.1 Å². The molecule has 1 aromatic carbocycles. The molecule has 1 aromatic rings. The first-order chi connectivity index (χ1) is 10.5. The van der Waals surface area contributed by atoms with Gasteiger partial charge in [-0.25, -0.2) is 4.39 Å². The van der Waals surface area contributed by atoms with Crippen molar-refractivity contribution in [2.75, 3.05) is 7.11 Å². The fourth-order valence-electron chi connectivity index (χ4n) is 6.84. The van der Waals surface area contributed by atoms with Gasteiger partial charge in [-0.15, -0.1) is 0 Å². The number of halogens is 2. The highest BCUT2D eigenvalue weighted by Crippen LogP contribution is 2.98. The first-order valence-corrected chi connectivity index (χ1v) is 9.23. The number of fused-ring (bicyclic) bond motifs is 2. The van der Waals surface area contributed by atoms with Crippen LogP contribution in [0, 0.1) is 40.3 Å². The number of hydrogen-bond donors (Lipinski definition) is 0. The summed E-state index contributed by atoms with van der Waals surface area (Å²) in [6, 6.07) is 7.00. The molecular weight excluding hydrogens is 394 g/mol. The summed E-state index contributed by atoms with van der Waals surface area (Å²) < 4.78 is 18.7. The van der Waals surface area contributed by atoms with Crippen molar-refractivity contribution in [1.29, 1.82) is 0 Å². The van der Waals surface area contributed by atoms with Crippen LogP contribution in [0.25, 0.3) is 0 Å². The van der Waals surface area contributed by atoms with Crippen LogP contribution in [0.5, 0.6) is 0 Å². The molecule has 8 unspecified atom stereocenters. The van der Waals surface area contributed by atoms with Crippen molar-refractivity contribution < 1.29 is 13.9 Å². The monoisotopic (exact) mass is 412 g/mol. The third kappa shape index (κ3) is 1.06. The highest BCUT2D eigenvalue weighted by molar-refractivity contribution is 14.1. The van der Waals surface area contributed by atoms with Crippen molar-refractivity contribution in [2.45, 2.75) is 23.2 Å². The van der Waals surface area contributed by atoms with E-state index in [2.05, 4.69) is 29.5 Å². The first kappa shape index (κ1) is 13.8. The summed E-state index contributed by atoms with van der Waals surface area (Å²) in [4.78, 5) is 12.3. The topological polar surface area (TPSA) is 26.3 Å². The average Bonchev–Trinajstić information content (AvgIpc) is 2.52. The summed E-state index contributed by atoms with van der Waals surface area (Å²) in [5, 5.41) is 0. The predicted molar refractivity (Wildman–Crippen MR) is 88.1 cm³/mol. The number of alkyl halides is 1. The number of carbonyl (C=O) groups is 1. The Bertz CT molecular complexity index is 671. The van der Waals surface area contributed by atoms with Gasteiger partial charge in [0.25, 0.3) is 0 Å². The van der Waals surface area contributed by atoms with Gasteiger partial charge in [0.15, 0.2) is 0 Å². The predicted octanol–water partition coefficient (Wildman–Crippen LogP) is 3.79. The smallest absolute Gasteiger partial charge is 0.313 e. The van der Waals surface area contributed by atoms with E-state index < -0.39 is 0 Å². The molecule has 0 aromatic heterocycles. The van der Waals surface area contributed by atoms with E-state index in [1.807, 2.05) is 12.1 Å². The Labute approximate surface area is 142 Å². The van der Waals surface area contributed by atoms with Crippen molar-refractivity contribution >= 4 is 28.6 Å². The van der Waals surface area contributed by atoms with Gasteiger partial charge in [-0.2, -0.15) is 0 Å². The lowest BCUT2D eigenvalue weighted by Gasteiger charge is -2.96. The highest BCUT2D eigenvalue weighted by Gasteiger charge is 2.98. The Morgan fingerprint density at radius 3 is 2.50 bits per heavy atom. The summed E-state index contributed by atoms with van der Waals surface area (Å²) in [6.45, 7) is 2.29. The highest BCUT2D eigenvalue weighted by atomic mass is 127. The SMILES string of the molecule is COC(=O)C12C(I)C3C1C1C2CC31C(C)c1ccc(F)cc1. The van der Waals surface area contributed by atoms with Crippen LogP contribution in [0.3, 0.4) is 0 Å². The quantitative estimate of drug-likeness (QED) is 0.429. The zero-order valence-electron chi connectivity index (χ0n) is 12.6. The molecular formula is C18H18FIO2. The minimum atomic E-state index is -0.171. The maximum atomic E-state index is 13.2. The van der Waals surface area contributed by atoms with Crippen molar-refractivity contribution in [2.24, 2.45) is 34.5 Å². The Morgan fingerprint density at radius 2 is 2.00 bits per heavy atom. The van der Waals surface area contributed by atoms with E-state index >= 15 is 0 Å². The number of rotatable bonds is 3. The van der Waals surface area contributed by atoms with E-state index in [0.29, 0.717) is 38.9 Å². The molecule has 4 aliphatic carbocycles. The van der Waals surface area contributed by atoms with E-state index in [-0.39, 0.29) is 17.2 Å². The van der Waals surface area contributed by atoms with Crippen LogP contribution in [0.15, 0.2) is 24.3 Å². The van der Waals surface area contributed by atoms with Gasteiger partial charge in [-0.05, 0) is 59.1 Å². The van der Waals surface area contributed by atoms with Crippen molar-refractivity contribution in [3.63, 3.8) is 0 Å². The lowest BCUT2D eigenvalue weighted by atomic mass is 9.08. The molecule has 8 atom stereocenters. The second-order valence-corrected chi connectivity index (χ2v) is 8.94. The Kier molecular flexibility index (Phi) is 2.42. The van der Waals surface area contributed by atoms with E-state index in [0.717, 1.165) is 6.42 Å². The number of hydrogen-bond acceptors (Lipinski definition) is 2. The number of benzene rings is 1. The molecule has 4 fully saturated rings. The Morgan fingerprint density at radius 1 is 1.32 bits per heavy atom. The third-order valence-electron chi connectivity index (χ3n) is 7.67. The van der Waals surface area contributed by atoms with E-state index in [9.17, 15) is 9.18 Å². The van der Waals surface area contributed by atoms with Gasteiger partial charge in [-0.1, -0.05) is 41.6 Å². The number of esters is 1. The summed E-state index contributed by atoms with van der Waals surface area (Å²) >= 11 is 2.49. The van der Waals surface area contributed by atoms with E-state index in [1.165, 1.54) is 12.7 Å². The zero-order valence-corrected chi connectivity index (χ0v) is 14.7. The molecule has 0 bridgehead atoms. The minimum absolute atomic E-state index is 0.0251. The molecule has 0 N–H and O–H groups in total. The first-order valence-electron chi connectivity index (χ1n) is 7.99. The summed E-state index contributed by atoms with van der Waals surface area (Å²) in [5.74, 6) is 2.73. The molecule has 0 saturated heterocycles. The van der Waals surface area contributed by atoms with Crippen molar-refractivity contribution in [3.05, 3.63) is 35.6 Å². The standard InChI is InChI=1S/C18H18FIO2/c1-8(9-3-5-10(19)6-4-9)17-7-11-12(17)13-14(17)15(20)18(11,13)16(21)22-2/h3-6,8,11-15H,7H2,1-2H3. The molecule has 4 aliphatic rings. The normalized spacial score (nSPS) is 50.5. The summed E-state index contributed by atoms with van der Waals surface area (Å²) in [6.07, 6.45) is 1.14. The summed E-state index contributed by atoms with van der Waals surface area (Å²) in [7, 11) is 1.52. The largest absolute Gasteiger partial charge is 0.469 e. The molecule has 0 spiro atoms. The molecule has 4 saturated carbocycles. The van der Waals surface area contributed by atoms with Gasteiger partial charge in [0.05, 0.1) is 12.5 Å². The van der Waals surface area contributed by atoms with Crippen LogP contribution in [-0.4, -0.2) is 17.0 Å². The van der Waals surface area contributed by atoms with Crippen LogP contribution < -0.4 is 0 Å². The second-order valence-electron chi connectivity index (χ2n) is 7.60. The number of methoxy groups -OCH3 is 1. The number of carbonyl (C=O) groups excluding carboxylic acids is 1. The minimum Gasteiger partial charge on any atom is -0.469 e. The molecule has 2 nitrogen and oxygen atoms in total. The molecule has 22 heavy (non-hydrogen) atoms. The van der Waals surface area contributed by atoms with Gasteiger partial charge >= 0.3 is 5.97 Å². The maximum Gasteiger partial charge on any atom is 0.313 e. The molecule has 0 aliphatic heterocycles. The second kappa shape index (κ2) is 3.87. The van der Waals surface area contributed by atoms with Crippen LogP contribution in [-0.2, 0) is 9.53 Å². The van der Waals surface area contributed by atoms with Crippen LogP contribution >= 0.6 is 22.6 Å². The fraction of sp³-hybridized carbons (Fsp3) is 0.611. The third-order valence-corrected chi connectivity index (χ3v) is 9.48. The van der Waals surface area contributed by atoms with Crippen LogP contribution in [0.2, 0.25) is 0 Å². The summed E-state index contributed by atoms with van der Waals surface area (Å²) in [5.41, 5.74) is 1.44. The lowest BCUT2D eigenvalue weighted by molar-refractivity contribution is -0.460. The van der Waals surface area contributed by atoms with Crippen LogP contribution in [0.4, 0.5) is 4.39 Å². The molecule has 116 valence electrons. The van der Waals surface area contributed by atoms with Gasteiger partial charge in [-0.3, -0.25) is 4.79 Å².